The van der Waals surface area contributed by atoms with Gasteiger partial charge in [-0.15, -0.1) is 5.01 Å². The lowest BCUT2D eigenvalue weighted by molar-refractivity contribution is -0.132. The van der Waals surface area contributed by atoms with E-state index in [0.717, 1.165) is 35.0 Å². The third-order valence-electron chi connectivity index (χ3n) is 5.10. The average molecular weight is 337 g/mol. The molecule has 2 aromatic carbocycles. The minimum Gasteiger partial charge on any atom is -0.507 e. The van der Waals surface area contributed by atoms with Crippen molar-refractivity contribution in [1.29, 1.82) is 0 Å². The first-order chi connectivity index (χ1) is 12.1. The van der Waals surface area contributed by atoms with E-state index in [1.165, 1.54) is 6.21 Å². The Kier molecular flexibility index (Phi) is 3.67. The van der Waals surface area contributed by atoms with Crippen molar-refractivity contribution in [3.05, 3.63) is 42.0 Å². The maximum absolute atomic E-state index is 12.7. The quantitative estimate of drug-likeness (QED) is 0.652. The van der Waals surface area contributed by atoms with Gasteiger partial charge in [0.25, 0.3) is 5.91 Å². The first kappa shape index (κ1) is 15.6. The number of carbonyl (C=O) groups is 2. The van der Waals surface area contributed by atoms with Gasteiger partial charge in [-0.25, -0.2) is 4.79 Å². The molecular formula is C19H19N3O3. The molecule has 1 aliphatic carbocycles. The van der Waals surface area contributed by atoms with Crippen molar-refractivity contribution >= 4 is 28.9 Å². The third-order valence-corrected chi connectivity index (χ3v) is 5.10. The fraction of sp³-hybridized carbons (Fsp3) is 0.316. The molecule has 128 valence electrons. The number of phenolic OH excluding ortho intramolecular Hbond substituents is 1. The van der Waals surface area contributed by atoms with E-state index in [4.69, 9.17) is 0 Å². The SMILES string of the molecule is O=C1NC2(CCCCC2)C(=O)N1/N=C/c1c(O)ccc2ccccc12. The van der Waals surface area contributed by atoms with Crippen LogP contribution in [0.2, 0.25) is 0 Å². The van der Waals surface area contributed by atoms with Crippen LogP contribution in [0, 0.1) is 0 Å². The molecule has 0 bridgehead atoms. The van der Waals surface area contributed by atoms with E-state index in [1.54, 1.807) is 6.07 Å². The van der Waals surface area contributed by atoms with Crippen LogP contribution in [-0.4, -0.2) is 33.8 Å². The summed E-state index contributed by atoms with van der Waals surface area (Å²) in [5.41, 5.74) is -0.309. The van der Waals surface area contributed by atoms with Gasteiger partial charge < -0.3 is 10.4 Å². The molecule has 2 N–H and O–H groups in total. The number of nitrogens with one attached hydrogen (secondary N) is 1. The van der Waals surface area contributed by atoms with Crippen LogP contribution in [0.25, 0.3) is 10.8 Å². The zero-order valence-corrected chi connectivity index (χ0v) is 13.7. The lowest BCUT2D eigenvalue weighted by Gasteiger charge is -2.29. The standard InChI is InChI=1S/C19H19N3O3/c23-16-9-8-13-6-2-3-7-14(13)15(16)12-20-22-17(24)19(21-18(22)25)10-4-1-5-11-19/h2-3,6-9,12,23H,1,4-5,10-11H2,(H,21,25)/b20-12+. The highest BCUT2D eigenvalue weighted by molar-refractivity contribution is 6.08. The van der Waals surface area contributed by atoms with Gasteiger partial charge in [-0.3, -0.25) is 4.79 Å². The normalized spacial score (nSPS) is 19.9. The lowest BCUT2D eigenvalue weighted by Crippen LogP contribution is -2.48. The molecule has 1 aliphatic heterocycles. The smallest absolute Gasteiger partial charge is 0.346 e. The van der Waals surface area contributed by atoms with Crippen molar-refractivity contribution in [1.82, 2.24) is 10.3 Å². The van der Waals surface area contributed by atoms with Crippen molar-refractivity contribution in [3.8, 4) is 5.75 Å². The summed E-state index contributed by atoms with van der Waals surface area (Å²) in [6.07, 6.45) is 5.63. The van der Waals surface area contributed by atoms with Gasteiger partial charge >= 0.3 is 6.03 Å². The third kappa shape index (κ3) is 2.54. The zero-order valence-electron chi connectivity index (χ0n) is 13.7. The topological polar surface area (TPSA) is 82.0 Å². The maximum atomic E-state index is 12.7. The number of carbonyl (C=O) groups excluding carboxylic acids is 2. The summed E-state index contributed by atoms with van der Waals surface area (Å²) in [5.74, 6) is -0.241. The number of imide groups is 1. The molecule has 1 spiro atoms. The highest BCUT2D eigenvalue weighted by atomic mass is 16.3. The van der Waals surface area contributed by atoms with Gasteiger partial charge in [-0.2, -0.15) is 5.10 Å². The van der Waals surface area contributed by atoms with Gasteiger partial charge in [0.15, 0.2) is 0 Å². The Bertz CT molecular complexity index is 885. The molecule has 0 unspecified atom stereocenters. The molecule has 1 saturated heterocycles. The van der Waals surface area contributed by atoms with E-state index < -0.39 is 11.6 Å². The van der Waals surface area contributed by atoms with E-state index in [9.17, 15) is 14.7 Å². The second-order valence-corrected chi connectivity index (χ2v) is 6.65. The van der Waals surface area contributed by atoms with Crippen LogP contribution >= 0.6 is 0 Å². The second-order valence-electron chi connectivity index (χ2n) is 6.65. The van der Waals surface area contributed by atoms with Gasteiger partial charge in [0, 0.05) is 5.56 Å². The number of benzene rings is 2. The van der Waals surface area contributed by atoms with E-state index in [2.05, 4.69) is 10.4 Å². The van der Waals surface area contributed by atoms with Crippen molar-refractivity contribution in [2.45, 2.75) is 37.6 Å². The summed E-state index contributed by atoms with van der Waals surface area (Å²) in [7, 11) is 0. The molecule has 0 radical (unpaired) electrons. The highest BCUT2D eigenvalue weighted by Crippen LogP contribution is 2.34. The number of aromatic hydroxyl groups is 1. The number of rotatable bonds is 2. The Labute approximate surface area is 145 Å². The summed E-state index contributed by atoms with van der Waals surface area (Å²) < 4.78 is 0. The molecular weight excluding hydrogens is 318 g/mol. The summed E-state index contributed by atoms with van der Waals surface area (Å²) in [6, 6.07) is 10.5. The first-order valence-corrected chi connectivity index (χ1v) is 8.52. The maximum Gasteiger partial charge on any atom is 0.346 e. The molecule has 4 rings (SSSR count). The molecule has 3 amide bonds. The van der Waals surface area contributed by atoms with Crippen molar-refractivity contribution in [2.24, 2.45) is 5.10 Å². The lowest BCUT2D eigenvalue weighted by atomic mass is 9.82. The molecule has 2 fully saturated rings. The van der Waals surface area contributed by atoms with Gasteiger partial charge in [0.05, 0.1) is 6.21 Å². The fourth-order valence-electron chi connectivity index (χ4n) is 3.74. The van der Waals surface area contributed by atoms with Gasteiger partial charge in [-0.05, 0) is 29.7 Å². The van der Waals surface area contributed by atoms with Crippen LogP contribution in [0.4, 0.5) is 4.79 Å². The van der Waals surface area contributed by atoms with Crippen molar-refractivity contribution in [2.75, 3.05) is 0 Å². The van der Waals surface area contributed by atoms with Crippen LogP contribution in [0.15, 0.2) is 41.5 Å². The van der Waals surface area contributed by atoms with E-state index in [0.29, 0.717) is 18.4 Å². The Morgan fingerprint density at radius 1 is 1.08 bits per heavy atom. The Hall–Kier alpha value is -2.89. The molecule has 2 aromatic rings. The second kappa shape index (κ2) is 5.88. The van der Waals surface area contributed by atoms with Crippen LogP contribution in [0.3, 0.4) is 0 Å². The Balaban J connectivity index is 1.67. The van der Waals surface area contributed by atoms with Crippen LogP contribution in [0.1, 0.15) is 37.7 Å². The molecule has 1 heterocycles. The summed E-state index contributed by atoms with van der Waals surface area (Å²) in [5, 5.41) is 19.7. The molecule has 6 heteroatoms. The van der Waals surface area contributed by atoms with Crippen LogP contribution in [-0.2, 0) is 4.79 Å². The molecule has 0 atom stereocenters. The molecule has 25 heavy (non-hydrogen) atoms. The minimum absolute atomic E-state index is 0.0573. The Morgan fingerprint density at radius 2 is 1.84 bits per heavy atom. The number of fused-ring (bicyclic) bond motifs is 1. The number of hydrogen-bond acceptors (Lipinski definition) is 4. The van der Waals surface area contributed by atoms with Crippen LogP contribution in [0.5, 0.6) is 5.75 Å². The molecule has 0 aromatic heterocycles. The van der Waals surface area contributed by atoms with Gasteiger partial charge in [0.1, 0.15) is 11.3 Å². The van der Waals surface area contributed by atoms with E-state index in [1.807, 2.05) is 30.3 Å². The highest BCUT2D eigenvalue weighted by Gasteiger charge is 2.51. The summed E-state index contributed by atoms with van der Waals surface area (Å²) in [6.45, 7) is 0. The predicted octanol–water partition coefficient (Wildman–Crippen LogP) is 3.13. The molecule has 2 aliphatic rings. The van der Waals surface area contributed by atoms with E-state index in [-0.39, 0.29) is 11.7 Å². The number of nitrogens with zero attached hydrogens (tertiary/aromatic N) is 2. The number of hydrogen-bond donors (Lipinski definition) is 2. The fourth-order valence-corrected chi connectivity index (χ4v) is 3.74. The zero-order chi connectivity index (χ0) is 17.4. The molecule has 6 nitrogen and oxygen atoms in total. The average Bonchev–Trinajstić information content (AvgIpc) is 2.85. The summed E-state index contributed by atoms with van der Waals surface area (Å²) in [4.78, 5) is 25.0. The molecule has 1 saturated carbocycles. The minimum atomic E-state index is -0.798. The van der Waals surface area contributed by atoms with E-state index >= 15 is 0 Å². The van der Waals surface area contributed by atoms with Crippen molar-refractivity contribution in [3.63, 3.8) is 0 Å². The van der Waals surface area contributed by atoms with Gasteiger partial charge in [0.2, 0.25) is 0 Å². The number of hydrazone groups is 1. The summed E-state index contributed by atoms with van der Waals surface area (Å²) >= 11 is 0. The Morgan fingerprint density at radius 3 is 2.64 bits per heavy atom. The van der Waals surface area contributed by atoms with Crippen LogP contribution < -0.4 is 5.32 Å². The number of phenols is 1. The van der Waals surface area contributed by atoms with Crippen molar-refractivity contribution < 1.29 is 14.7 Å². The predicted molar refractivity (Wildman–Crippen MR) is 94.4 cm³/mol. The first-order valence-electron chi connectivity index (χ1n) is 8.52. The van der Waals surface area contributed by atoms with Gasteiger partial charge in [-0.1, -0.05) is 49.6 Å². The monoisotopic (exact) mass is 337 g/mol. The number of amides is 3. The number of urea groups is 1. The largest absolute Gasteiger partial charge is 0.507 e.